The molecule has 5 N–H and O–H groups in total. The largest absolute Gasteiger partial charge is 0.396 e. The van der Waals surface area contributed by atoms with Gasteiger partial charge in [0.15, 0.2) is 6.29 Å². The zero-order chi connectivity index (χ0) is 23.8. The van der Waals surface area contributed by atoms with E-state index in [4.69, 9.17) is 9.47 Å². The Morgan fingerprint density at radius 3 is 2.36 bits per heavy atom. The number of hydrogen-bond acceptors (Lipinski definition) is 7. The minimum atomic E-state index is -1.27. The van der Waals surface area contributed by atoms with Crippen LogP contribution >= 0.6 is 0 Å². The fourth-order valence-electron chi connectivity index (χ4n) is 9.03. The van der Waals surface area contributed by atoms with Crippen molar-refractivity contribution in [2.45, 2.75) is 121 Å². The Morgan fingerprint density at radius 1 is 0.879 bits per heavy atom. The average molecular weight is 469 g/mol. The van der Waals surface area contributed by atoms with E-state index in [-0.39, 0.29) is 29.5 Å². The van der Waals surface area contributed by atoms with Gasteiger partial charge in [0.05, 0.1) is 17.8 Å². The maximum Gasteiger partial charge on any atom is 0.186 e. The van der Waals surface area contributed by atoms with Crippen LogP contribution in [0.1, 0.15) is 78.6 Å². The van der Waals surface area contributed by atoms with Crippen molar-refractivity contribution in [1.29, 1.82) is 0 Å². The van der Waals surface area contributed by atoms with E-state index in [1.54, 1.807) is 6.92 Å². The molecule has 4 aliphatic carbocycles. The van der Waals surface area contributed by atoms with Gasteiger partial charge in [-0.2, -0.15) is 0 Å². The zero-order valence-electron chi connectivity index (χ0n) is 20.4. The van der Waals surface area contributed by atoms with Crippen molar-refractivity contribution in [2.75, 3.05) is 6.61 Å². The van der Waals surface area contributed by atoms with Gasteiger partial charge in [-0.1, -0.05) is 13.8 Å². The summed E-state index contributed by atoms with van der Waals surface area (Å²) in [6, 6.07) is 0. The maximum absolute atomic E-state index is 12.0. The van der Waals surface area contributed by atoms with Crippen molar-refractivity contribution in [3.05, 3.63) is 0 Å². The molecule has 0 amide bonds. The Balaban J connectivity index is 1.28. The maximum atomic E-state index is 12.0. The number of hydrogen-bond donors (Lipinski definition) is 5. The molecule has 5 aliphatic rings. The van der Waals surface area contributed by atoms with Crippen LogP contribution in [0.15, 0.2) is 0 Å². The van der Waals surface area contributed by atoms with E-state index < -0.39 is 36.3 Å². The molecule has 33 heavy (non-hydrogen) atoms. The third-order valence-electron chi connectivity index (χ3n) is 11.4. The highest BCUT2D eigenvalue weighted by atomic mass is 16.7. The van der Waals surface area contributed by atoms with Crippen LogP contribution in [0.4, 0.5) is 0 Å². The van der Waals surface area contributed by atoms with Crippen LogP contribution in [0, 0.1) is 34.5 Å². The summed E-state index contributed by atoms with van der Waals surface area (Å²) in [5, 5.41) is 52.4. The molecular formula is C26H44O7. The standard InChI is InChI=1S/C26H44O7/c1-14-20(28)21(29)22(30)23(32-14)33-17-7-9-24(2)15(12-17)4-5-19-18(24)8-10-25(3)16(13-27)6-11-26(19,25)31/h14-23,27-31H,4-13H2,1-3H3/t14?,15-,16-,17+,18?,19?,20+,21+,22?,23+,24+,25-,26+/m1/s1. The van der Waals surface area contributed by atoms with Crippen LogP contribution in [0.3, 0.4) is 0 Å². The lowest BCUT2D eigenvalue weighted by molar-refractivity contribution is -0.310. The van der Waals surface area contributed by atoms with Gasteiger partial charge in [0, 0.05) is 12.0 Å². The molecule has 0 spiro atoms. The van der Waals surface area contributed by atoms with Gasteiger partial charge in [-0.05, 0) is 93.8 Å². The molecule has 1 saturated heterocycles. The predicted molar refractivity (Wildman–Crippen MR) is 121 cm³/mol. The van der Waals surface area contributed by atoms with Gasteiger partial charge in [0.2, 0.25) is 0 Å². The third kappa shape index (κ3) is 3.48. The van der Waals surface area contributed by atoms with Gasteiger partial charge in [-0.15, -0.1) is 0 Å². The third-order valence-corrected chi connectivity index (χ3v) is 11.4. The number of rotatable bonds is 3. The molecule has 4 saturated carbocycles. The number of aliphatic hydroxyl groups excluding tert-OH is 4. The fourth-order valence-corrected chi connectivity index (χ4v) is 9.03. The van der Waals surface area contributed by atoms with Gasteiger partial charge in [-0.25, -0.2) is 0 Å². The minimum Gasteiger partial charge on any atom is -0.396 e. The quantitative estimate of drug-likeness (QED) is 0.402. The molecule has 0 bridgehead atoms. The summed E-state index contributed by atoms with van der Waals surface area (Å²) in [6.45, 7) is 6.50. The SMILES string of the molecule is CC1O[C@@H](O[C@H]2CC[C@]3(C)C4CC[C@]5(C)[C@@H](CO)CC[C@]5(O)C4CC[C@@H]3C2)C(O)[C@@H](O)[C@H]1O. The van der Waals surface area contributed by atoms with E-state index in [0.717, 1.165) is 57.8 Å². The lowest BCUT2D eigenvalue weighted by Gasteiger charge is -2.63. The van der Waals surface area contributed by atoms with Crippen molar-refractivity contribution < 1.29 is 35.0 Å². The Labute approximate surface area is 197 Å². The first-order valence-corrected chi connectivity index (χ1v) is 13.2. The Bertz CT molecular complexity index is 733. The van der Waals surface area contributed by atoms with E-state index in [2.05, 4.69) is 13.8 Å². The summed E-state index contributed by atoms with van der Waals surface area (Å²) >= 11 is 0. The number of aliphatic hydroxyl groups is 5. The predicted octanol–water partition coefficient (Wildman–Crippen LogP) is 1.97. The molecule has 5 rings (SSSR count). The summed E-state index contributed by atoms with van der Waals surface area (Å²) in [5.41, 5.74) is -0.688. The molecular weight excluding hydrogens is 424 g/mol. The van der Waals surface area contributed by atoms with Gasteiger partial charge in [0.1, 0.15) is 18.3 Å². The fraction of sp³-hybridized carbons (Fsp3) is 1.00. The van der Waals surface area contributed by atoms with Crippen LogP contribution in [-0.2, 0) is 9.47 Å². The van der Waals surface area contributed by atoms with Crippen LogP contribution in [-0.4, -0.2) is 74.6 Å². The molecule has 5 fully saturated rings. The number of ether oxygens (including phenoxy) is 2. The summed E-state index contributed by atoms with van der Waals surface area (Å²) in [6.07, 6.45) is 3.49. The molecule has 0 aromatic heterocycles. The summed E-state index contributed by atoms with van der Waals surface area (Å²) in [4.78, 5) is 0. The van der Waals surface area contributed by atoms with Crippen molar-refractivity contribution in [2.24, 2.45) is 34.5 Å². The second kappa shape index (κ2) is 8.39. The van der Waals surface area contributed by atoms with E-state index in [1.165, 1.54) is 0 Å². The molecule has 13 atom stereocenters. The molecule has 7 nitrogen and oxygen atoms in total. The molecule has 7 heteroatoms. The smallest absolute Gasteiger partial charge is 0.186 e. The highest BCUT2D eigenvalue weighted by Gasteiger charge is 2.67. The first-order chi connectivity index (χ1) is 15.5. The Kier molecular flexibility index (Phi) is 6.21. The Morgan fingerprint density at radius 2 is 1.64 bits per heavy atom. The summed E-state index contributed by atoms with van der Waals surface area (Å²) < 4.78 is 11.9. The van der Waals surface area contributed by atoms with Crippen LogP contribution in [0.2, 0.25) is 0 Å². The van der Waals surface area contributed by atoms with E-state index in [9.17, 15) is 25.5 Å². The molecule has 4 unspecified atom stereocenters. The Hall–Kier alpha value is -0.280. The zero-order valence-corrected chi connectivity index (χ0v) is 20.4. The van der Waals surface area contributed by atoms with Crippen molar-refractivity contribution in [3.8, 4) is 0 Å². The van der Waals surface area contributed by atoms with E-state index in [1.807, 2.05) is 0 Å². The average Bonchev–Trinajstić information content (AvgIpc) is 3.06. The highest BCUT2D eigenvalue weighted by Crippen LogP contribution is 2.69. The first-order valence-electron chi connectivity index (χ1n) is 13.2. The number of fused-ring (bicyclic) bond motifs is 5. The van der Waals surface area contributed by atoms with Gasteiger partial charge >= 0.3 is 0 Å². The second-order valence-electron chi connectivity index (χ2n) is 12.5. The molecule has 190 valence electrons. The van der Waals surface area contributed by atoms with Crippen LogP contribution < -0.4 is 0 Å². The minimum absolute atomic E-state index is 0.0453. The van der Waals surface area contributed by atoms with Crippen LogP contribution in [0.25, 0.3) is 0 Å². The van der Waals surface area contributed by atoms with Gasteiger partial charge in [0.25, 0.3) is 0 Å². The van der Waals surface area contributed by atoms with Crippen molar-refractivity contribution in [3.63, 3.8) is 0 Å². The van der Waals surface area contributed by atoms with Crippen LogP contribution in [0.5, 0.6) is 0 Å². The molecule has 0 radical (unpaired) electrons. The molecule has 0 aromatic carbocycles. The lowest BCUT2D eigenvalue weighted by Crippen LogP contribution is -2.62. The molecule has 1 aliphatic heterocycles. The van der Waals surface area contributed by atoms with Gasteiger partial charge in [-0.3, -0.25) is 0 Å². The lowest BCUT2D eigenvalue weighted by atomic mass is 9.43. The van der Waals surface area contributed by atoms with E-state index >= 15 is 0 Å². The van der Waals surface area contributed by atoms with Crippen molar-refractivity contribution >= 4 is 0 Å². The summed E-state index contributed by atoms with van der Waals surface area (Å²) in [5.74, 6) is 1.49. The normalized spacial score (nSPS) is 58.9. The topological polar surface area (TPSA) is 120 Å². The molecule has 0 aromatic rings. The van der Waals surface area contributed by atoms with Crippen molar-refractivity contribution in [1.82, 2.24) is 0 Å². The van der Waals surface area contributed by atoms with E-state index in [0.29, 0.717) is 17.8 Å². The van der Waals surface area contributed by atoms with Gasteiger partial charge < -0.3 is 35.0 Å². The first kappa shape index (κ1) is 24.4. The highest BCUT2D eigenvalue weighted by molar-refractivity contribution is 5.16. The summed E-state index contributed by atoms with van der Waals surface area (Å²) in [7, 11) is 0. The molecule has 1 heterocycles. The second-order valence-corrected chi connectivity index (χ2v) is 12.5. The monoisotopic (exact) mass is 468 g/mol.